The Labute approximate surface area is 176 Å². The highest BCUT2D eigenvalue weighted by atomic mass is 16.7. The van der Waals surface area contributed by atoms with E-state index >= 15 is 0 Å². The van der Waals surface area contributed by atoms with E-state index in [2.05, 4.69) is 12.1 Å². The molecule has 2 aliphatic rings. The van der Waals surface area contributed by atoms with Gasteiger partial charge in [0.25, 0.3) is 5.91 Å². The van der Waals surface area contributed by atoms with Gasteiger partial charge < -0.3 is 28.6 Å². The van der Waals surface area contributed by atoms with Gasteiger partial charge in [-0.2, -0.15) is 0 Å². The van der Waals surface area contributed by atoms with Crippen LogP contribution in [0.4, 0.5) is 0 Å². The zero-order chi connectivity index (χ0) is 21.1. The van der Waals surface area contributed by atoms with E-state index in [9.17, 15) is 4.79 Å². The molecule has 0 spiro atoms. The monoisotopic (exact) mass is 413 g/mol. The molecule has 0 aromatic heterocycles. The number of amides is 1. The molecule has 1 saturated heterocycles. The molecule has 7 heteroatoms. The third-order valence-electron chi connectivity index (χ3n) is 5.77. The predicted molar refractivity (Wildman–Crippen MR) is 111 cm³/mol. The fraction of sp³-hybridized carbons (Fsp3) is 0.435. The maximum atomic E-state index is 13.1. The number of rotatable bonds is 6. The lowest BCUT2D eigenvalue weighted by Gasteiger charge is -2.32. The molecule has 7 nitrogen and oxygen atoms in total. The van der Waals surface area contributed by atoms with Gasteiger partial charge in [0, 0.05) is 18.7 Å². The lowest BCUT2D eigenvalue weighted by molar-refractivity contribution is 0.0689. The van der Waals surface area contributed by atoms with Crippen molar-refractivity contribution in [3.63, 3.8) is 0 Å². The van der Waals surface area contributed by atoms with Crippen molar-refractivity contribution in [3.05, 3.63) is 41.5 Å². The molecule has 0 atom stereocenters. The second kappa shape index (κ2) is 8.73. The molecule has 2 aromatic rings. The summed E-state index contributed by atoms with van der Waals surface area (Å²) in [7, 11) is 4.65. The smallest absolute Gasteiger partial charge is 0.254 e. The third kappa shape index (κ3) is 3.97. The molecule has 0 bridgehead atoms. The third-order valence-corrected chi connectivity index (χ3v) is 5.77. The van der Waals surface area contributed by atoms with Gasteiger partial charge in [0.05, 0.1) is 21.3 Å². The average molecular weight is 413 g/mol. The number of piperidine rings is 1. The van der Waals surface area contributed by atoms with Crippen LogP contribution in [0.2, 0.25) is 0 Å². The van der Waals surface area contributed by atoms with Gasteiger partial charge in [-0.3, -0.25) is 4.79 Å². The summed E-state index contributed by atoms with van der Waals surface area (Å²) in [6, 6.07) is 9.56. The van der Waals surface area contributed by atoms with Gasteiger partial charge in [-0.1, -0.05) is 6.07 Å². The average Bonchev–Trinajstić information content (AvgIpc) is 3.26. The fourth-order valence-electron chi connectivity index (χ4n) is 4.13. The van der Waals surface area contributed by atoms with Crippen molar-refractivity contribution in [1.29, 1.82) is 0 Å². The number of methoxy groups -OCH3 is 3. The molecule has 30 heavy (non-hydrogen) atoms. The van der Waals surface area contributed by atoms with Crippen LogP contribution in [0.15, 0.2) is 30.3 Å². The molecular weight excluding hydrogens is 386 g/mol. The quantitative estimate of drug-likeness (QED) is 0.722. The van der Waals surface area contributed by atoms with Gasteiger partial charge in [-0.05, 0) is 55.0 Å². The first kappa shape index (κ1) is 20.2. The van der Waals surface area contributed by atoms with Crippen LogP contribution in [0.25, 0.3) is 0 Å². The van der Waals surface area contributed by atoms with E-state index in [1.54, 1.807) is 33.5 Å². The lowest BCUT2D eigenvalue weighted by atomic mass is 9.90. The number of carbonyl (C=O) groups excluding carboxylic acids is 1. The number of carbonyl (C=O) groups is 1. The molecule has 0 aliphatic carbocycles. The number of hydrogen-bond acceptors (Lipinski definition) is 6. The van der Waals surface area contributed by atoms with E-state index in [4.69, 9.17) is 23.7 Å². The minimum atomic E-state index is -0.0178. The highest BCUT2D eigenvalue weighted by Gasteiger charge is 2.26. The van der Waals surface area contributed by atoms with E-state index in [0.29, 0.717) is 35.5 Å². The number of ether oxygens (including phenoxy) is 5. The number of likely N-dealkylation sites (tertiary alicyclic amines) is 1. The topological polar surface area (TPSA) is 66.5 Å². The Morgan fingerprint density at radius 2 is 1.63 bits per heavy atom. The Balaban J connectivity index is 1.40. The van der Waals surface area contributed by atoms with Gasteiger partial charge in [-0.25, -0.2) is 0 Å². The lowest BCUT2D eigenvalue weighted by Crippen LogP contribution is -2.38. The number of hydrogen-bond donors (Lipinski definition) is 0. The Morgan fingerprint density at radius 1 is 0.967 bits per heavy atom. The summed E-state index contributed by atoms with van der Waals surface area (Å²) in [6.45, 7) is 1.75. The maximum Gasteiger partial charge on any atom is 0.254 e. The van der Waals surface area contributed by atoms with Crippen molar-refractivity contribution in [2.24, 2.45) is 5.92 Å². The van der Waals surface area contributed by atoms with E-state index in [1.165, 1.54) is 5.56 Å². The van der Waals surface area contributed by atoms with E-state index in [0.717, 1.165) is 43.9 Å². The van der Waals surface area contributed by atoms with Crippen molar-refractivity contribution < 1.29 is 28.5 Å². The van der Waals surface area contributed by atoms with Gasteiger partial charge >= 0.3 is 0 Å². The molecule has 4 rings (SSSR count). The molecule has 1 fully saturated rings. The number of fused-ring (bicyclic) bond motifs is 1. The number of nitrogens with zero attached hydrogens (tertiary/aromatic N) is 1. The molecule has 0 radical (unpaired) electrons. The predicted octanol–water partition coefficient (Wildman–Crippen LogP) is 3.54. The van der Waals surface area contributed by atoms with Crippen LogP contribution in [0.1, 0.15) is 28.8 Å². The summed E-state index contributed by atoms with van der Waals surface area (Å²) < 4.78 is 27.0. The summed E-state index contributed by atoms with van der Waals surface area (Å²) >= 11 is 0. The summed E-state index contributed by atoms with van der Waals surface area (Å²) in [5.74, 6) is 3.60. The zero-order valence-electron chi connectivity index (χ0n) is 17.6. The molecule has 2 aromatic carbocycles. The zero-order valence-corrected chi connectivity index (χ0v) is 17.6. The summed E-state index contributed by atoms with van der Waals surface area (Å²) in [5.41, 5.74) is 1.78. The number of benzene rings is 2. The molecule has 1 amide bonds. The Bertz CT molecular complexity index is 895. The van der Waals surface area contributed by atoms with Crippen molar-refractivity contribution in [1.82, 2.24) is 4.90 Å². The van der Waals surface area contributed by atoms with Crippen LogP contribution in [0, 0.1) is 5.92 Å². The van der Waals surface area contributed by atoms with Crippen LogP contribution in [0.5, 0.6) is 28.7 Å². The van der Waals surface area contributed by atoms with Crippen molar-refractivity contribution in [2.45, 2.75) is 19.3 Å². The first-order chi connectivity index (χ1) is 14.6. The molecule has 2 heterocycles. The SMILES string of the molecule is COc1cc(C(=O)N2CCC(Cc3ccc4c(c3)OCO4)CC2)cc(OC)c1OC. The van der Waals surface area contributed by atoms with Gasteiger partial charge in [0.2, 0.25) is 12.5 Å². The second-order valence-electron chi connectivity index (χ2n) is 7.54. The Hall–Kier alpha value is -3.09. The largest absolute Gasteiger partial charge is 0.493 e. The van der Waals surface area contributed by atoms with Crippen molar-refractivity contribution in [2.75, 3.05) is 41.2 Å². The van der Waals surface area contributed by atoms with Gasteiger partial charge in [0.15, 0.2) is 23.0 Å². The first-order valence-electron chi connectivity index (χ1n) is 10.1. The molecule has 160 valence electrons. The molecule has 0 unspecified atom stereocenters. The van der Waals surface area contributed by atoms with Gasteiger partial charge in [0.1, 0.15) is 0 Å². The van der Waals surface area contributed by atoms with Crippen LogP contribution in [-0.4, -0.2) is 52.0 Å². The first-order valence-corrected chi connectivity index (χ1v) is 10.1. The Kier molecular flexibility index (Phi) is 5.88. The molecular formula is C23H27NO6. The summed E-state index contributed by atoms with van der Waals surface area (Å²) in [4.78, 5) is 15.0. The van der Waals surface area contributed by atoms with E-state index in [1.807, 2.05) is 11.0 Å². The van der Waals surface area contributed by atoms with Gasteiger partial charge in [-0.15, -0.1) is 0 Å². The van der Waals surface area contributed by atoms with Crippen molar-refractivity contribution >= 4 is 5.91 Å². The highest BCUT2D eigenvalue weighted by Crippen LogP contribution is 2.39. The molecule has 2 aliphatic heterocycles. The molecule has 0 saturated carbocycles. The van der Waals surface area contributed by atoms with Crippen molar-refractivity contribution in [3.8, 4) is 28.7 Å². The summed E-state index contributed by atoms with van der Waals surface area (Å²) in [5, 5.41) is 0. The Morgan fingerprint density at radius 3 is 2.27 bits per heavy atom. The standard InChI is InChI=1S/C23H27NO6/c1-26-20-12-17(13-21(27-2)22(20)28-3)23(25)24-8-6-15(7-9-24)10-16-4-5-18-19(11-16)30-14-29-18/h4-5,11-13,15H,6-10,14H2,1-3H3. The fourth-order valence-corrected chi connectivity index (χ4v) is 4.13. The van der Waals surface area contributed by atoms with Crippen LogP contribution >= 0.6 is 0 Å². The minimum Gasteiger partial charge on any atom is -0.493 e. The molecule has 0 N–H and O–H groups in total. The van der Waals surface area contributed by atoms with Crippen LogP contribution in [0.3, 0.4) is 0 Å². The highest BCUT2D eigenvalue weighted by molar-refractivity contribution is 5.95. The minimum absolute atomic E-state index is 0.0178. The van der Waals surface area contributed by atoms with E-state index < -0.39 is 0 Å². The summed E-state index contributed by atoms with van der Waals surface area (Å²) in [6.07, 6.45) is 2.90. The van der Waals surface area contributed by atoms with Crippen LogP contribution in [-0.2, 0) is 6.42 Å². The normalized spacial score (nSPS) is 15.8. The van der Waals surface area contributed by atoms with Crippen LogP contribution < -0.4 is 23.7 Å². The second-order valence-corrected chi connectivity index (χ2v) is 7.54. The maximum absolute atomic E-state index is 13.1. The van der Waals surface area contributed by atoms with E-state index in [-0.39, 0.29) is 5.91 Å².